The standard InChI is InChI=1S/C13H19ClN2O/c1-4-13(5-2,9-14)16-12(17)11-10(3)7-6-8-15-11/h6-8H,4-5,9H2,1-3H3,(H,16,17). The van der Waals surface area contributed by atoms with Crippen molar-refractivity contribution < 1.29 is 4.79 Å². The van der Waals surface area contributed by atoms with E-state index < -0.39 is 0 Å². The van der Waals surface area contributed by atoms with Gasteiger partial charge in [0.25, 0.3) is 5.91 Å². The fraction of sp³-hybridized carbons (Fsp3) is 0.538. The van der Waals surface area contributed by atoms with Crippen LogP contribution >= 0.6 is 11.6 Å². The number of pyridine rings is 1. The van der Waals surface area contributed by atoms with E-state index in [1.54, 1.807) is 6.20 Å². The zero-order chi connectivity index (χ0) is 12.9. The quantitative estimate of drug-likeness (QED) is 0.821. The highest BCUT2D eigenvalue weighted by Gasteiger charge is 2.28. The highest BCUT2D eigenvalue weighted by atomic mass is 35.5. The Bertz CT molecular complexity index is 380. The average Bonchev–Trinajstić information content (AvgIpc) is 2.36. The maximum atomic E-state index is 12.1. The lowest BCUT2D eigenvalue weighted by atomic mass is 9.95. The summed E-state index contributed by atoms with van der Waals surface area (Å²) in [4.78, 5) is 16.2. The average molecular weight is 255 g/mol. The van der Waals surface area contributed by atoms with Gasteiger partial charge < -0.3 is 5.32 Å². The summed E-state index contributed by atoms with van der Waals surface area (Å²) in [6.07, 6.45) is 3.25. The van der Waals surface area contributed by atoms with Gasteiger partial charge in [-0.1, -0.05) is 19.9 Å². The predicted molar refractivity (Wildman–Crippen MR) is 70.5 cm³/mol. The fourth-order valence-corrected chi connectivity index (χ4v) is 2.12. The molecule has 0 fully saturated rings. The van der Waals surface area contributed by atoms with Gasteiger partial charge in [0.05, 0.1) is 5.54 Å². The molecule has 0 atom stereocenters. The van der Waals surface area contributed by atoms with Gasteiger partial charge in [0, 0.05) is 12.1 Å². The van der Waals surface area contributed by atoms with E-state index in [1.807, 2.05) is 32.9 Å². The molecule has 17 heavy (non-hydrogen) atoms. The highest BCUT2D eigenvalue weighted by molar-refractivity contribution is 6.18. The Morgan fingerprint density at radius 3 is 2.59 bits per heavy atom. The number of amides is 1. The van der Waals surface area contributed by atoms with Crippen molar-refractivity contribution in [1.29, 1.82) is 0 Å². The topological polar surface area (TPSA) is 42.0 Å². The molecule has 0 aliphatic rings. The molecule has 4 heteroatoms. The molecule has 1 N–H and O–H groups in total. The van der Waals surface area contributed by atoms with Crippen LogP contribution in [0.5, 0.6) is 0 Å². The number of rotatable bonds is 5. The number of alkyl halides is 1. The second-order valence-electron chi connectivity index (χ2n) is 4.24. The Labute approximate surface area is 108 Å². The minimum Gasteiger partial charge on any atom is -0.344 e. The molecular weight excluding hydrogens is 236 g/mol. The van der Waals surface area contributed by atoms with E-state index in [2.05, 4.69) is 10.3 Å². The normalized spacial score (nSPS) is 11.3. The molecule has 0 saturated carbocycles. The predicted octanol–water partition coefficient (Wildman–Crippen LogP) is 2.92. The van der Waals surface area contributed by atoms with Crippen molar-refractivity contribution in [1.82, 2.24) is 10.3 Å². The second kappa shape index (κ2) is 6.01. The van der Waals surface area contributed by atoms with E-state index in [-0.39, 0.29) is 11.4 Å². The smallest absolute Gasteiger partial charge is 0.270 e. The number of nitrogens with one attached hydrogen (secondary N) is 1. The number of hydrogen-bond acceptors (Lipinski definition) is 2. The van der Waals surface area contributed by atoms with Crippen molar-refractivity contribution in [3.63, 3.8) is 0 Å². The van der Waals surface area contributed by atoms with Gasteiger partial charge in [-0.15, -0.1) is 11.6 Å². The molecule has 1 amide bonds. The third-order valence-corrected chi connectivity index (χ3v) is 3.72. The molecule has 0 aliphatic heterocycles. The monoisotopic (exact) mass is 254 g/mol. The van der Waals surface area contributed by atoms with Crippen molar-refractivity contribution in [3.05, 3.63) is 29.6 Å². The number of carbonyl (C=O) groups excluding carboxylic acids is 1. The lowest BCUT2D eigenvalue weighted by molar-refractivity contribution is 0.0896. The van der Waals surface area contributed by atoms with Crippen LogP contribution in [-0.2, 0) is 0 Å². The van der Waals surface area contributed by atoms with Crippen LogP contribution in [0.2, 0.25) is 0 Å². The zero-order valence-corrected chi connectivity index (χ0v) is 11.3. The first-order chi connectivity index (χ1) is 8.08. The Kier molecular flexibility index (Phi) is 4.94. The first-order valence-electron chi connectivity index (χ1n) is 5.88. The molecule has 1 rings (SSSR count). The third-order valence-electron chi connectivity index (χ3n) is 3.21. The van der Waals surface area contributed by atoms with Crippen LogP contribution in [0.3, 0.4) is 0 Å². The van der Waals surface area contributed by atoms with Crippen molar-refractivity contribution >= 4 is 17.5 Å². The molecule has 0 aliphatic carbocycles. The van der Waals surface area contributed by atoms with Crippen LogP contribution < -0.4 is 5.32 Å². The Balaban J connectivity index is 2.89. The summed E-state index contributed by atoms with van der Waals surface area (Å²) in [7, 11) is 0. The second-order valence-corrected chi connectivity index (χ2v) is 4.51. The maximum absolute atomic E-state index is 12.1. The van der Waals surface area contributed by atoms with E-state index in [0.717, 1.165) is 18.4 Å². The van der Waals surface area contributed by atoms with Crippen LogP contribution in [-0.4, -0.2) is 22.3 Å². The maximum Gasteiger partial charge on any atom is 0.270 e. The van der Waals surface area contributed by atoms with Crippen molar-refractivity contribution in [2.75, 3.05) is 5.88 Å². The van der Waals surface area contributed by atoms with E-state index >= 15 is 0 Å². The summed E-state index contributed by atoms with van der Waals surface area (Å²) in [6.45, 7) is 5.93. The van der Waals surface area contributed by atoms with Crippen molar-refractivity contribution in [2.45, 2.75) is 39.2 Å². The summed E-state index contributed by atoms with van der Waals surface area (Å²) in [6, 6.07) is 3.70. The largest absolute Gasteiger partial charge is 0.344 e. The highest BCUT2D eigenvalue weighted by Crippen LogP contribution is 2.18. The molecule has 1 aromatic heterocycles. The van der Waals surface area contributed by atoms with Gasteiger partial charge >= 0.3 is 0 Å². The summed E-state index contributed by atoms with van der Waals surface area (Å²) in [5.74, 6) is 0.268. The van der Waals surface area contributed by atoms with E-state index in [9.17, 15) is 4.79 Å². The van der Waals surface area contributed by atoms with E-state index in [0.29, 0.717) is 11.6 Å². The third kappa shape index (κ3) is 3.19. The van der Waals surface area contributed by atoms with E-state index in [4.69, 9.17) is 11.6 Å². The summed E-state index contributed by atoms with van der Waals surface area (Å²) < 4.78 is 0. The van der Waals surface area contributed by atoms with Gasteiger partial charge in [-0.25, -0.2) is 0 Å². The molecule has 1 heterocycles. The van der Waals surface area contributed by atoms with Crippen LogP contribution in [0.25, 0.3) is 0 Å². The zero-order valence-electron chi connectivity index (χ0n) is 10.6. The summed E-state index contributed by atoms with van der Waals surface area (Å²) in [5.41, 5.74) is 1.02. The minimum absolute atomic E-state index is 0.146. The molecule has 0 saturated heterocycles. The fourth-order valence-electron chi connectivity index (χ4n) is 1.67. The Morgan fingerprint density at radius 2 is 2.12 bits per heavy atom. The van der Waals surface area contributed by atoms with Gasteiger partial charge in [-0.3, -0.25) is 9.78 Å². The molecule has 0 radical (unpaired) electrons. The molecule has 0 spiro atoms. The van der Waals surface area contributed by atoms with Crippen LogP contribution in [0.4, 0.5) is 0 Å². The summed E-state index contributed by atoms with van der Waals surface area (Å²) >= 11 is 5.96. The SMILES string of the molecule is CCC(CC)(CCl)NC(=O)c1ncccc1C. The Hall–Kier alpha value is -1.09. The van der Waals surface area contributed by atoms with Crippen molar-refractivity contribution in [3.8, 4) is 0 Å². The number of halogens is 1. The van der Waals surface area contributed by atoms with Gasteiger partial charge in [-0.2, -0.15) is 0 Å². The number of carbonyl (C=O) groups is 1. The molecule has 0 bridgehead atoms. The van der Waals surface area contributed by atoms with Crippen LogP contribution in [0, 0.1) is 6.92 Å². The van der Waals surface area contributed by atoms with E-state index in [1.165, 1.54) is 0 Å². The van der Waals surface area contributed by atoms with Crippen molar-refractivity contribution in [2.24, 2.45) is 0 Å². The first kappa shape index (κ1) is 14.0. The molecule has 94 valence electrons. The van der Waals surface area contributed by atoms with Gasteiger partial charge in [-0.05, 0) is 31.4 Å². The number of nitrogens with zero attached hydrogens (tertiary/aromatic N) is 1. The first-order valence-corrected chi connectivity index (χ1v) is 6.42. The molecular formula is C13H19ClN2O. The Morgan fingerprint density at radius 1 is 1.47 bits per heavy atom. The van der Waals surface area contributed by atoms with Gasteiger partial charge in [0.1, 0.15) is 5.69 Å². The number of aryl methyl sites for hydroxylation is 1. The molecule has 0 unspecified atom stereocenters. The van der Waals surface area contributed by atoms with Crippen LogP contribution in [0.15, 0.2) is 18.3 Å². The molecule has 0 aromatic carbocycles. The minimum atomic E-state index is -0.331. The van der Waals surface area contributed by atoms with Gasteiger partial charge in [0.15, 0.2) is 0 Å². The summed E-state index contributed by atoms with van der Waals surface area (Å²) in [5, 5.41) is 3.00. The lowest BCUT2D eigenvalue weighted by Crippen LogP contribution is -2.49. The van der Waals surface area contributed by atoms with Crippen LogP contribution in [0.1, 0.15) is 42.7 Å². The molecule has 1 aromatic rings. The molecule has 3 nitrogen and oxygen atoms in total. The van der Waals surface area contributed by atoms with Gasteiger partial charge in [0.2, 0.25) is 0 Å². The number of aromatic nitrogens is 1. The lowest BCUT2D eigenvalue weighted by Gasteiger charge is -2.30. The number of hydrogen-bond donors (Lipinski definition) is 1.